The van der Waals surface area contributed by atoms with Crippen molar-refractivity contribution in [3.05, 3.63) is 83.1 Å². The third-order valence-electron chi connectivity index (χ3n) is 3.29. The highest BCUT2D eigenvalue weighted by Crippen LogP contribution is 2.25. The van der Waals surface area contributed by atoms with Crippen LogP contribution in [0.4, 0.5) is 10.1 Å². The van der Waals surface area contributed by atoms with E-state index >= 15 is 0 Å². The van der Waals surface area contributed by atoms with E-state index in [0.717, 1.165) is 0 Å². The van der Waals surface area contributed by atoms with E-state index in [1.165, 1.54) is 24.3 Å². The van der Waals surface area contributed by atoms with Crippen LogP contribution in [0.2, 0.25) is 0 Å². The van der Waals surface area contributed by atoms with Gasteiger partial charge >= 0.3 is 0 Å². The van der Waals surface area contributed by atoms with Gasteiger partial charge in [-0.05, 0) is 54.6 Å². The zero-order valence-corrected chi connectivity index (χ0v) is 15.2. The van der Waals surface area contributed by atoms with E-state index in [4.69, 9.17) is 4.74 Å². The van der Waals surface area contributed by atoms with Crippen LogP contribution in [0.25, 0.3) is 0 Å². The molecule has 0 fully saturated rings. The summed E-state index contributed by atoms with van der Waals surface area (Å²) >= 11 is 3.12. The molecule has 0 spiro atoms. The van der Waals surface area contributed by atoms with Crippen molar-refractivity contribution in [2.24, 2.45) is 0 Å². The molecule has 0 aromatic heterocycles. The number of halogens is 2. The van der Waals surface area contributed by atoms with Gasteiger partial charge in [0.15, 0.2) is 0 Å². The molecule has 4 nitrogen and oxygen atoms in total. The molecule has 0 unspecified atom stereocenters. The van der Waals surface area contributed by atoms with Gasteiger partial charge in [0.1, 0.15) is 17.3 Å². The molecular weight excluding hydrogens is 409 g/mol. The van der Waals surface area contributed by atoms with Gasteiger partial charge < -0.3 is 4.74 Å². The maximum atomic E-state index is 13.8. The molecule has 0 heterocycles. The Hall–Kier alpha value is -2.38. The van der Waals surface area contributed by atoms with Crippen LogP contribution in [-0.2, 0) is 10.0 Å². The van der Waals surface area contributed by atoms with Gasteiger partial charge in [0.25, 0.3) is 10.0 Å². The zero-order chi connectivity index (χ0) is 17.9. The van der Waals surface area contributed by atoms with Crippen molar-refractivity contribution in [3.63, 3.8) is 0 Å². The van der Waals surface area contributed by atoms with Gasteiger partial charge in [-0.3, -0.25) is 4.72 Å². The molecule has 3 aromatic rings. The molecule has 0 atom stereocenters. The van der Waals surface area contributed by atoms with Crippen molar-refractivity contribution < 1.29 is 17.5 Å². The molecule has 0 aliphatic rings. The Labute approximate surface area is 153 Å². The number of ether oxygens (including phenoxy) is 1. The molecule has 0 saturated heterocycles. The van der Waals surface area contributed by atoms with Gasteiger partial charge in [0.2, 0.25) is 0 Å². The van der Waals surface area contributed by atoms with Gasteiger partial charge in [-0.15, -0.1) is 0 Å². The van der Waals surface area contributed by atoms with Crippen LogP contribution in [0.5, 0.6) is 11.5 Å². The quantitative estimate of drug-likeness (QED) is 0.617. The summed E-state index contributed by atoms with van der Waals surface area (Å²) in [6, 6.07) is 19.1. The number of sulfonamides is 1. The number of hydrogen-bond donors (Lipinski definition) is 1. The number of benzene rings is 3. The van der Waals surface area contributed by atoms with Crippen molar-refractivity contribution in [1.82, 2.24) is 0 Å². The van der Waals surface area contributed by atoms with Gasteiger partial charge in [0, 0.05) is 4.47 Å². The van der Waals surface area contributed by atoms with E-state index < -0.39 is 15.8 Å². The minimum atomic E-state index is -3.90. The number of rotatable bonds is 5. The Bertz CT molecular complexity index is 977. The fourth-order valence-corrected chi connectivity index (χ4v) is 3.49. The summed E-state index contributed by atoms with van der Waals surface area (Å²) in [5.41, 5.74) is -0.118. The summed E-state index contributed by atoms with van der Waals surface area (Å²) in [5, 5.41) is 0. The lowest BCUT2D eigenvalue weighted by molar-refractivity contribution is 0.482. The van der Waals surface area contributed by atoms with Crippen LogP contribution in [0.3, 0.4) is 0 Å². The summed E-state index contributed by atoms with van der Waals surface area (Å²) < 4.78 is 47.0. The Morgan fingerprint density at radius 2 is 1.52 bits per heavy atom. The molecule has 0 amide bonds. The first-order chi connectivity index (χ1) is 11.9. The molecule has 1 N–H and O–H groups in total. The monoisotopic (exact) mass is 421 g/mol. The summed E-state index contributed by atoms with van der Waals surface area (Å²) in [4.78, 5) is 0.00947. The Kier molecular flexibility index (Phi) is 5.06. The number of nitrogens with one attached hydrogen (secondary N) is 1. The minimum Gasteiger partial charge on any atom is -0.457 e. The molecule has 0 radical (unpaired) electrons. The van der Waals surface area contributed by atoms with E-state index in [-0.39, 0.29) is 10.6 Å². The van der Waals surface area contributed by atoms with Gasteiger partial charge in [-0.1, -0.05) is 34.1 Å². The van der Waals surface area contributed by atoms with Crippen molar-refractivity contribution in [2.75, 3.05) is 4.72 Å². The zero-order valence-electron chi connectivity index (χ0n) is 12.8. The Balaban J connectivity index is 1.78. The lowest BCUT2D eigenvalue weighted by atomic mass is 10.3. The van der Waals surface area contributed by atoms with E-state index in [1.54, 1.807) is 30.3 Å². The van der Waals surface area contributed by atoms with E-state index in [0.29, 0.717) is 16.0 Å². The highest BCUT2D eigenvalue weighted by molar-refractivity contribution is 9.10. The Morgan fingerprint density at radius 3 is 2.16 bits per heavy atom. The summed E-state index contributed by atoms with van der Waals surface area (Å²) in [7, 11) is -3.90. The van der Waals surface area contributed by atoms with Crippen LogP contribution in [-0.4, -0.2) is 8.42 Å². The summed E-state index contributed by atoms with van der Waals surface area (Å²) in [6.45, 7) is 0. The van der Waals surface area contributed by atoms with Crippen molar-refractivity contribution in [3.8, 4) is 11.5 Å². The third kappa shape index (κ3) is 4.37. The molecule has 0 aliphatic carbocycles. The lowest BCUT2D eigenvalue weighted by Crippen LogP contribution is -2.13. The van der Waals surface area contributed by atoms with E-state index in [9.17, 15) is 12.8 Å². The molecule has 0 saturated carbocycles. The van der Waals surface area contributed by atoms with Crippen molar-refractivity contribution in [2.45, 2.75) is 4.90 Å². The SMILES string of the molecule is O=S(=O)(Nc1ccc(Br)cc1F)c1ccc(Oc2ccccc2)cc1. The van der Waals surface area contributed by atoms with Crippen LogP contribution < -0.4 is 9.46 Å². The topological polar surface area (TPSA) is 55.4 Å². The summed E-state index contributed by atoms with van der Waals surface area (Å²) in [6.07, 6.45) is 0. The van der Waals surface area contributed by atoms with E-state index in [1.807, 2.05) is 18.2 Å². The largest absolute Gasteiger partial charge is 0.457 e. The van der Waals surface area contributed by atoms with Gasteiger partial charge in [-0.2, -0.15) is 0 Å². The van der Waals surface area contributed by atoms with Gasteiger partial charge in [-0.25, -0.2) is 12.8 Å². The highest BCUT2D eigenvalue weighted by Gasteiger charge is 2.16. The molecule has 3 aromatic carbocycles. The first kappa shape index (κ1) is 17.4. The molecule has 0 bridgehead atoms. The molecule has 0 aliphatic heterocycles. The Morgan fingerprint density at radius 1 is 0.880 bits per heavy atom. The van der Waals surface area contributed by atoms with E-state index in [2.05, 4.69) is 20.7 Å². The van der Waals surface area contributed by atoms with Crippen molar-refractivity contribution in [1.29, 1.82) is 0 Å². The number of hydrogen-bond acceptors (Lipinski definition) is 3. The number of anilines is 1. The first-order valence-corrected chi connectivity index (χ1v) is 9.52. The predicted octanol–water partition coefficient (Wildman–Crippen LogP) is 5.18. The molecule has 7 heteroatoms. The average molecular weight is 422 g/mol. The number of para-hydroxylation sites is 1. The maximum Gasteiger partial charge on any atom is 0.261 e. The average Bonchev–Trinajstić information content (AvgIpc) is 2.59. The van der Waals surface area contributed by atoms with Gasteiger partial charge in [0.05, 0.1) is 10.6 Å². The molecular formula is C18H13BrFNO3S. The second-order valence-corrected chi connectivity index (χ2v) is 7.71. The molecule has 3 rings (SSSR count). The molecule has 25 heavy (non-hydrogen) atoms. The third-order valence-corrected chi connectivity index (χ3v) is 5.16. The normalized spacial score (nSPS) is 11.1. The van der Waals surface area contributed by atoms with Crippen LogP contribution in [0, 0.1) is 5.82 Å². The van der Waals surface area contributed by atoms with Crippen LogP contribution in [0.1, 0.15) is 0 Å². The van der Waals surface area contributed by atoms with Crippen LogP contribution >= 0.6 is 15.9 Å². The fraction of sp³-hybridized carbons (Fsp3) is 0. The second-order valence-electron chi connectivity index (χ2n) is 5.12. The minimum absolute atomic E-state index is 0.00947. The molecule has 128 valence electrons. The first-order valence-electron chi connectivity index (χ1n) is 7.25. The van der Waals surface area contributed by atoms with Crippen molar-refractivity contribution >= 4 is 31.6 Å². The fourth-order valence-electron chi connectivity index (χ4n) is 2.09. The lowest BCUT2D eigenvalue weighted by Gasteiger charge is -2.10. The maximum absolute atomic E-state index is 13.8. The smallest absolute Gasteiger partial charge is 0.261 e. The second kappa shape index (κ2) is 7.25. The highest BCUT2D eigenvalue weighted by atomic mass is 79.9. The standard InChI is InChI=1S/C18H13BrFNO3S/c19-13-6-11-18(17(20)12-13)21-25(22,23)16-9-7-15(8-10-16)24-14-4-2-1-3-5-14/h1-12,21H. The summed E-state index contributed by atoms with van der Waals surface area (Å²) in [5.74, 6) is 0.482. The predicted molar refractivity (Wildman–Crippen MR) is 97.9 cm³/mol. The van der Waals surface area contributed by atoms with Crippen LogP contribution in [0.15, 0.2) is 82.2 Å².